The van der Waals surface area contributed by atoms with Gasteiger partial charge in [-0.25, -0.2) is 13.6 Å². The highest BCUT2D eigenvalue weighted by atomic mass is 32.2. The van der Waals surface area contributed by atoms with Crippen LogP contribution in [0, 0.1) is 0 Å². The first-order valence-electron chi connectivity index (χ1n) is 8.16. The average Bonchev–Trinajstić information content (AvgIpc) is 3.17. The lowest BCUT2D eigenvalue weighted by molar-refractivity contribution is -0.121. The summed E-state index contributed by atoms with van der Waals surface area (Å²) in [5.74, 6) is -0.630. The number of sulfonamides is 1. The molecule has 27 heavy (non-hydrogen) atoms. The molecule has 0 bridgehead atoms. The van der Waals surface area contributed by atoms with E-state index < -0.39 is 15.9 Å². The van der Waals surface area contributed by atoms with E-state index in [9.17, 15) is 13.2 Å². The van der Waals surface area contributed by atoms with Gasteiger partial charge < -0.3 is 9.84 Å². The van der Waals surface area contributed by atoms with Gasteiger partial charge in [0.1, 0.15) is 5.92 Å². The van der Waals surface area contributed by atoms with Crippen molar-refractivity contribution in [1.82, 2.24) is 15.5 Å². The normalized spacial score (nSPS) is 12.5. The number of hydrogen-bond donors (Lipinski definition) is 2. The fraction of sp³-hybridized carbons (Fsp3) is 0.167. The molecule has 0 fully saturated rings. The van der Waals surface area contributed by atoms with Crippen molar-refractivity contribution < 1.29 is 17.7 Å². The molecule has 0 radical (unpaired) electrons. The highest BCUT2D eigenvalue weighted by molar-refractivity contribution is 7.89. The van der Waals surface area contributed by atoms with Crippen LogP contribution in [0.1, 0.15) is 22.9 Å². The molecule has 2 aromatic carbocycles. The van der Waals surface area contributed by atoms with Gasteiger partial charge in [0.2, 0.25) is 22.3 Å². The third kappa shape index (κ3) is 4.78. The minimum Gasteiger partial charge on any atom is -0.355 e. The van der Waals surface area contributed by atoms with Gasteiger partial charge in [-0.2, -0.15) is 4.98 Å². The maximum atomic E-state index is 12.7. The predicted octanol–water partition coefficient (Wildman–Crippen LogP) is 1.21. The molecule has 1 atom stereocenters. The Morgan fingerprint density at radius 2 is 1.81 bits per heavy atom. The summed E-state index contributed by atoms with van der Waals surface area (Å²) in [5.41, 5.74) is 1.63. The van der Waals surface area contributed by atoms with E-state index in [0.717, 1.165) is 11.1 Å². The summed E-state index contributed by atoms with van der Waals surface area (Å²) in [6.07, 6.45) is 1.72. The Bertz CT molecular complexity index is 988. The Hall–Kier alpha value is -3.04. The SMILES string of the molecule is NS(=O)(=O)c1ccc(CCNC(=O)C(c2ccccc2)c2ncon2)cc1. The third-order valence-corrected chi connectivity index (χ3v) is 4.93. The highest BCUT2D eigenvalue weighted by Gasteiger charge is 2.26. The molecular weight excluding hydrogens is 368 g/mol. The van der Waals surface area contributed by atoms with Crippen molar-refractivity contribution in [2.75, 3.05) is 6.54 Å². The molecule has 3 N–H and O–H groups in total. The van der Waals surface area contributed by atoms with Crippen LogP contribution in [0.5, 0.6) is 0 Å². The van der Waals surface area contributed by atoms with Crippen LogP contribution in [0.3, 0.4) is 0 Å². The number of carbonyl (C=O) groups excluding carboxylic acids is 1. The zero-order valence-corrected chi connectivity index (χ0v) is 15.1. The quantitative estimate of drug-likeness (QED) is 0.628. The molecule has 3 aromatic rings. The van der Waals surface area contributed by atoms with Gasteiger partial charge in [0, 0.05) is 6.54 Å². The Labute approximate surface area is 156 Å². The van der Waals surface area contributed by atoms with Crippen LogP contribution < -0.4 is 10.5 Å². The molecule has 0 spiro atoms. The van der Waals surface area contributed by atoms with E-state index in [1.165, 1.54) is 18.5 Å². The van der Waals surface area contributed by atoms with E-state index in [4.69, 9.17) is 9.66 Å². The van der Waals surface area contributed by atoms with E-state index in [-0.39, 0.29) is 16.6 Å². The van der Waals surface area contributed by atoms with Crippen LogP contribution in [-0.2, 0) is 21.2 Å². The van der Waals surface area contributed by atoms with Gasteiger partial charge in [-0.05, 0) is 29.7 Å². The fourth-order valence-electron chi connectivity index (χ4n) is 2.65. The number of aromatic nitrogens is 2. The van der Waals surface area contributed by atoms with Crippen LogP contribution in [-0.4, -0.2) is 31.0 Å². The fourth-order valence-corrected chi connectivity index (χ4v) is 3.16. The monoisotopic (exact) mass is 386 g/mol. The largest absolute Gasteiger partial charge is 0.355 e. The topological polar surface area (TPSA) is 128 Å². The maximum absolute atomic E-state index is 12.7. The lowest BCUT2D eigenvalue weighted by Gasteiger charge is -2.14. The van der Waals surface area contributed by atoms with Crippen LogP contribution in [0.25, 0.3) is 0 Å². The summed E-state index contributed by atoms with van der Waals surface area (Å²) in [7, 11) is -3.71. The first kappa shape index (κ1) is 18.7. The molecule has 1 amide bonds. The average molecular weight is 386 g/mol. The number of rotatable bonds is 7. The second-order valence-electron chi connectivity index (χ2n) is 5.86. The van der Waals surface area contributed by atoms with E-state index >= 15 is 0 Å². The highest BCUT2D eigenvalue weighted by Crippen LogP contribution is 2.21. The van der Waals surface area contributed by atoms with Crippen molar-refractivity contribution in [2.24, 2.45) is 5.14 Å². The van der Waals surface area contributed by atoms with Crippen LogP contribution in [0.15, 0.2) is 70.4 Å². The van der Waals surface area contributed by atoms with Crippen molar-refractivity contribution >= 4 is 15.9 Å². The minimum atomic E-state index is -3.71. The van der Waals surface area contributed by atoms with Gasteiger partial charge in [-0.1, -0.05) is 47.6 Å². The first-order chi connectivity index (χ1) is 12.9. The maximum Gasteiger partial charge on any atom is 0.238 e. The lowest BCUT2D eigenvalue weighted by Crippen LogP contribution is -2.32. The number of benzene rings is 2. The van der Waals surface area contributed by atoms with Gasteiger partial charge in [0.05, 0.1) is 4.90 Å². The van der Waals surface area contributed by atoms with E-state index in [0.29, 0.717) is 13.0 Å². The molecule has 0 saturated heterocycles. The van der Waals surface area contributed by atoms with E-state index in [1.807, 2.05) is 30.3 Å². The van der Waals surface area contributed by atoms with Crippen LogP contribution in [0.2, 0.25) is 0 Å². The van der Waals surface area contributed by atoms with Gasteiger partial charge in [0.25, 0.3) is 0 Å². The van der Waals surface area contributed by atoms with Gasteiger partial charge in [-0.3, -0.25) is 4.79 Å². The second-order valence-corrected chi connectivity index (χ2v) is 7.42. The predicted molar refractivity (Wildman–Crippen MR) is 97.1 cm³/mol. The summed E-state index contributed by atoms with van der Waals surface area (Å²) >= 11 is 0. The molecule has 8 nitrogen and oxygen atoms in total. The molecule has 1 heterocycles. The lowest BCUT2D eigenvalue weighted by atomic mass is 9.97. The number of nitrogens with two attached hydrogens (primary N) is 1. The van der Waals surface area contributed by atoms with Crippen molar-refractivity contribution in [1.29, 1.82) is 0 Å². The summed E-state index contributed by atoms with van der Waals surface area (Å²) < 4.78 is 27.3. The van der Waals surface area contributed by atoms with Crippen molar-refractivity contribution in [3.8, 4) is 0 Å². The van der Waals surface area contributed by atoms with Crippen LogP contribution >= 0.6 is 0 Å². The van der Waals surface area contributed by atoms with Gasteiger partial charge >= 0.3 is 0 Å². The molecule has 140 valence electrons. The molecule has 0 aliphatic carbocycles. The summed E-state index contributed by atoms with van der Waals surface area (Å²) in [6, 6.07) is 15.4. The zero-order chi connectivity index (χ0) is 19.3. The smallest absolute Gasteiger partial charge is 0.238 e. The zero-order valence-electron chi connectivity index (χ0n) is 14.3. The van der Waals surface area contributed by atoms with Crippen molar-refractivity contribution in [2.45, 2.75) is 17.2 Å². The Morgan fingerprint density at radius 3 is 2.41 bits per heavy atom. The Kier molecular flexibility index (Phi) is 5.63. The standard InChI is InChI=1S/C18H18N4O4S/c19-27(24,25)15-8-6-13(7-9-15)10-11-20-18(23)16(17-21-12-26-22-17)14-4-2-1-3-5-14/h1-9,12,16H,10-11H2,(H,20,23)(H2,19,24,25). The summed E-state index contributed by atoms with van der Waals surface area (Å²) in [6.45, 7) is 0.370. The van der Waals surface area contributed by atoms with Crippen molar-refractivity contribution in [3.63, 3.8) is 0 Å². The molecule has 0 saturated carbocycles. The van der Waals surface area contributed by atoms with E-state index in [2.05, 4.69) is 15.5 Å². The Morgan fingerprint density at radius 1 is 1.11 bits per heavy atom. The molecule has 9 heteroatoms. The first-order valence-corrected chi connectivity index (χ1v) is 9.70. The van der Waals surface area contributed by atoms with E-state index in [1.54, 1.807) is 12.1 Å². The van der Waals surface area contributed by atoms with Gasteiger partial charge in [0.15, 0.2) is 5.82 Å². The molecule has 1 unspecified atom stereocenters. The Balaban J connectivity index is 1.65. The number of carbonyl (C=O) groups is 1. The summed E-state index contributed by atoms with van der Waals surface area (Å²) in [4.78, 5) is 16.7. The second kappa shape index (κ2) is 8.11. The number of primary sulfonamides is 1. The summed E-state index contributed by atoms with van der Waals surface area (Å²) in [5, 5.41) is 11.7. The molecule has 1 aromatic heterocycles. The number of nitrogens with one attached hydrogen (secondary N) is 1. The molecule has 0 aliphatic heterocycles. The molecular formula is C18H18N4O4S. The van der Waals surface area contributed by atoms with Crippen molar-refractivity contribution in [3.05, 3.63) is 77.9 Å². The third-order valence-electron chi connectivity index (χ3n) is 4.00. The van der Waals surface area contributed by atoms with Crippen LogP contribution in [0.4, 0.5) is 0 Å². The number of hydrogen-bond acceptors (Lipinski definition) is 6. The number of amides is 1. The minimum absolute atomic E-state index is 0.0523. The number of nitrogens with zero attached hydrogens (tertiary/aromatic N) is 2. The molecule has 3 rings (SSSR count). The van der Waals surface area contributed by atoms with Gasteiger partial charge in [-0.15, -0.1) is 0 Å². The molecule has 0 aliphatic rings.